The molecule has 2 aromatic carbocycles. The van der Waals surface area contributed by atoms with E-state index in [1.54, 1.807) is 18.2 Å². The Morgan fingerprint density at radius 2 is 1.83 bits per heavy atom. The molecule has 1 heterocycles. The number of hydrogen-bond donors (Lipinski definition) is 5. The van der Waals surface area contributed by atoms with E-state index >= 15 is 0 Å². The molecule has 2 aliphatic rings. The Balaban J connectivity index is 1.64. The molecule has 0 bridgehead atoms. The van der Waals surface area contributed by atoms with E-state index in [-0.39, 0.29) is 29.1 Å². The number of aliphatic hydroxyl groups excluding tert-OH is 2. The predicted octanol–water partition coefficient (Wildman–Crippen LogP) is 2.77. The summed E-state index contributed by atoms with van der Waals surface area (Å²) >= 11 is 0. The molecule has 2 aromatic rings. The minimum Gasteiger partial charge on any atom is -0.508 e. The number of phenolic OH excluding ortho intramolecular Hbond substituents is 2. The van der Waals surface area contributed by atoms with E-state index in [1.807, 2.05) is 18.2 Å². The zero-order chi connectivity index (χ0) is 21.4. The van der Waals surface area contributed by atoms with E-state index < -0.39 is 30.3 Å². The molecule has 0 aromatic heterocycles. The van der Waals surface area contributed by atoms with Gasteiger partial charge in [-0.2, -0.15) is 0 Å². The van der Waals surface area contributed by atoms with Gasteiger partial charge in [-0.1, -0.05) is 24.3 Å². The summed E-state index contributed by atoms with van der Waals surface area (Å²) < 4.78 is 11.6. The monoisotopic (exact) mass is 414 g/mol. The first-order chi connectivity index (χ1) is 14.4. The molecule has 0 radical (unpaired) electrons. The number of aromatic hydroxyl groups is 3. The maximum absolute atomic E-state index is 10.8. The molecule has 4 rings (SSSR count). The van der Waals surface area contributed by atoms with E-state index in [0.717, 1.165) is 12.0 Å². The molecule has 30 heavy (non-hydrogen) atoms. The number of ether oxygens (including phenoxy) is 2. The Bertz CT molecular complexity index is 951. The largest absolute Gasteiger partial charge is 0.508 e. The molecule has 1 aliphatic carbocycles. The lowest BCUT2D eigenvalue weighted by Crippen LogP contribution is -2.40. The van der Waals surface area contributed by atoms with E-state index in [1.165, 1.54) is 7.11 Å². The van der Waals surface area contributed by atoms with Gasteiger partial charge in [0.2, 0.25) is 5.75 Å². The molecule has 7 nitrogen and oxygen atoms in total. The van der Waals surface area contributed by atoms with Gasteiger partial charge >= 0.3 is 0 Å². The number of rotatable bonds is 5. The second-order valence-corrected chi connectivity index (χ2v) is 7.82. The third-order valence-corrected chi connectivity index (χ3v) is 6.05. The van der Waals surface area contributed by atoms with Crippen LogP contribution in [0.1, 0.15) is 41.2 Å². The van der Waals surface area contributed by atoms with Crippen molar-refractivity contribution in [3.63, 3.8) is 0 Å². The summed E-state index contributed by atoms with van der Waals surface area (Å²) in [5, 5.41) is 50.8. The maximum Gasteiger partial charge on any atom is 0.201 e. The van der Waals surface area contributed by atoms with Crippen LogP contribution in [0, 0.1) is 5.92 Å². The third kappa shape index (κ3) is 3.49. The lowest BCUT2D eigenvalue weighted by Gasteiger charge is -2.42. The zero-order valence-electron chi connectivity index (χ0n) is 16.7. The van der Waals surface area contributed by atoms with Gasteiger partial charge in [-0.25, -0.2) is 0 Å². The molecule has 7 heteroatoms. The van der Waals surface area contributed by atoms with Crippen molar-refractivity contribution in [2.45, 2.75) is 44.2 Å². The number of aryl methyl sites for hydroxylation is 1. The molecule has 0 spiro atoms. The molecule has 4 atom stereocenters. The highest BCUT2D eigenvalue weighted by Gasteiger charge is 2.42. The van der Waals surface area contributed by atoms with Crippen LogP contribution in [-0.2, 0) is 17.8 Å². The maximum atomic E-state index is 10.8. The minimum absolute atomic E-state index is 0.110. The second kappa shape index (κ2) is 8.18. The van der Waals surface area contributed by atoms with E-state index in [0.29, 0.717) is 24.0 Å². The van der Waals surface area contributed by atoms with Gasteiger partial charge in [-0.05, 0) is 30.5 Å². The Labute approximate surface area is 174 Å². The Hall–Kier alpha value is -2.74. The number of benzene rings is 2. The van der Waals surface area contributed by atoms with E-state index in [4.69, 9.17) is 9.47 Å². The smallest absolute Gasteiger partial charge is 0.201 e. The summed E-state index contributed by atoms with van der Waals surface area (Å²) in [5.74, 6) is -0.875. The van der Waals surface area contributed by atoms with E-state index in [2.05, 4.69) is 0 Å². The van der Waals surface area contributed by atoms with Crippen molar-refractivity contribution in [3.05, 3.63) is 52.6 Å². The summed E-state index contributed by atoms with van der Waals surface area (Å²) in [5.41, 5.74) is 2.29. The van der Waals surface area contributed by atoms with Crippen LogP contribution < -0.4 is 4.74 Å². The highest BCUT2D eigenvalue weighted by molar-refractivity contribution is 5.74. The van der Waals surface area contributed by atoms with Gasteiger partial charge in [0, 0.05) is 29.0 Å². The first-order valence-corrected chi connectivity index (χ1v) is 9.99. The first kappa shape index (κ1) is 20.5. The van der Waals surface area contributed by atoms with Crippen molar-refractivity contribution in [3.8, 4) is 23.0 Å². The molecule has 0 amide bonds. The van der Waals surface area contributed by atoms with Crippen molar-refractivity contribution >= 4 is 6.08 Å². The molecule has 5 N–H and O–H groups in total. The summed E-state index contributed by atoms with van der Waals surface area (Å²) in [7, 11) is 1.39. The average Bonchev–Trinajstić information content (AvgIpc) is 2.74. The van der Waals surface area contributed by atoms with Crippen LogP contribution in [0.25, 0.3) is 6.08 Å². The van der Waals surface area contributed by atoms with Crippen molar-refractivity contribution in [1.29, 1.82) is 0 Å². The fourth-order valence-corrected chi connectivity index (χ4v) is 4.50. The third-order valence-electron chi connectivity index (χ3n) is 6.05. The molecular weight excluding hydrogens is 388 g/mol. The summed E-state index contributed by atoms with van der Waals surface area (Å²) in [6.45, 7) is -0.486. The fourth-order valence-electron chi connectivity index (χ4n) is 4.50. The van der Waals surface area contributed by atoms with Crippen molar-refractivity contribution in [2.75, 3.05) is 7.11 Å². The van der Waals surface area contributed by atoms with Gasteiger partial charge in [0.1, 0.15) is 5.75 Å². The molecule has 160 valence electrons. The SMILES string of the molecule is COc1c(O)c(O)c(CO)c2c1C=CC1C(O)CC(CCc3ccc(O)cc3)OC21. The van der Waals surface area contributed by atoms with Crippen LogP contribution in [0.15, 0.2) is 30.3 Å². The Morgan fingerprint density at radius 3 is 2.50 bits per heavy atom. The molecule has 1 saturated heterocycles. The fraction of sp³-hybridized carbons (Fsp3) is 0.391. The number of hydrogen-bond acceptors (Lipinski definition) is 7. The first-order valence-electron chi connectivity index (χ1n) is 9.99. The topological polar surface area (TPSA) is 120 Å². The predicted molar refractivity (Wildman–Crippen MR) is 109 cm³/mol. The number of fused-ring (bicyclic) bond motifs is 3. The molecule has 0 saturated carbocycles. The second-order valence-electron chi connectivity index (χ2n) is 7.82. The quantitative estimate of drug-likeness (QED) is 0.477. The molecule has 4 unspecified atom stereocenters. The van der Waals surface area contributed by atoms with Crippen LogP contribution in [0.5, 0.6) is 23.0 Å². The van der Waals surface area contributed by atoms with Gasteiger partial charge in [0.15, 0.2) is 11.5 Å². The zero-order valence-corrected chi connectivity index (χ0v) is 16.7. The van der Waals surface area contributed by atoms with Crippen LogP contribution >= 0.6 is 0 Å². The summed E-state index contributed by atoms with van der Waals surface area (Å²) in [4.78, 5) is 0. The van der Waals surface area contributed by atoms with E-state index in [9.17, 15) is 25.5 Å². The molecular formula is C23H26O7. The molecule has 1 fully saturated rings. The van der Waals surface area contributed by atoms with Crippen LogP contribution in [0.2, 0.25) is 0 Å². The normalized spacial score (nSPS) is 24.9. The highest BCUT2D eigenvalue weighted by Crippen LogP contribution is 2.52. The van der Waals surface area contributed by atoms with Gasteiger partial charge in [-0.3, -0.25) is 0 Å². The summed E-state index contributed by atoms with van der Waals surface area (Å²) in [6.07, 6.45) is 3.95. The van der Waals surface area contributed by atoms with Gasteiger partial charge < -0.3 is 35.0 Å². The van der Waals surface area contributed by atoms with Gasteiger partial charge in [0.05, 0.1) is 32.0 Å². The van der Waals surface area contributed by atoms with Crippen LogP contribution in [0.4, 0.5) is 0 Å². The highest BCUT2D eigenvalue weighted by atomic mass is 16.5. The Morgan fingerprint density at radius 1 is 1.10 bits per heavy atom. The number of phenols is 3. The minimum atomic E-state index is -0.647. The number of aliphatic hydroxyl groups is 2. The number of methoxy groups -OCH3 is 1. The standard InChI is InChI=1S/C23H26O7/c1-29-23-16-9-8-15-18(26)10-14(7-4-12-2-5-13(25)6-3-12)30-22(15)19(16)17(11-24)20(27)21(23)28/h2-3,5-6,8-9,14-15,18,22,24-28H,4,7,10-11H2,1H3. The molecule has 1 aliphatic heterocycles. The van der Waals surface area contributed by atoms with Crippen molar-refractivity contribution in [2.24, 2.45) is 5.92 Å². The Kier molecular flexibility index (Phi) is 5.60. The van der Waals surface area contributed by atoms with Gasteiger partial charge in [-0.15, -0.1) is 0 Å². The lowest BCUT2D eigenvalue weighted by atomic mass is 9.77. The van der Waals surface area contributed by atoms with Gasteiger partial charge in [0.25, 0.3) is 0 Å². The average molecular weight is 414 g/mol. The van der Waals surface area contributed by atoms with Crippen LogP contribution in [-0.4, -0.2) is 44.9 Å². The lowest BCUT2D eigenvalue weighted by molar-refractivity contribution is -0.127. The van der Waals surface area contributed by atoms with Crippen molar-refractivity contribution < 1.29 is 35.0 Å². The van der Waals surface area contributed by atoms with Crippen LogP contribution in [0.3, 0.4) is 0 Å². The van der Waals surface area contributed by atoms with Crippen molar-refractivity contribution in [1.82, 2.24) is 0 Å². The summed E-state index contributed by atoms with van der Waals surface area (Å²) in [6, 6.07) is 6.98.